The van der Waals surface area contributed by atoms with Crippen molar-refractivity contribution >= 4 is 0 Å². The van der Waals surface area contributed by atoms with Crippen molar-refractivity contribution in [2.24, 2.45) is 17.8 Å². The summed E-state index contributed by atoms with van der Waals surface area (Å²) in [4.78, 5) is 7.74. The minimum atomic E-state index is -3.30. The predicted octanol–water partition coefficient (Wildman–Crippen LogP) is 10.2. The number of ether oxygens (including phenoxy) is 2. The van der Waals surface area contributed by atoms with Crippen molar-refractivity contribution in [2.45, 2.75) is 123 Å². The van der Waals surface area contributed by atoms with Crippen LogP contribution in [0.4, 0.5) is 17.6 Å². The van der Waals surface area contributed by atoms with E-state index in [2.05, 4.69) is 23.8 Å². The van der Waals surface area contributed by atoms with Gasteiger partial charge in [-0.15, -0.1) is 0 Å². The van der Waals surface area contributed by atoms with Gasteiger partial charge < -0.3 is 9.47 Å². The molecule has 4 nitrogen and oxygen atoms in total. The van der Waals surface area contributed by atoms with Crippen molar-refractivity contribution in [3.05, 3.63) is 41.2 Å². The summed E-state index contributed by atoms with van der Waals surface area (Å²) in [6.45, 7) is 6.21. The Morgan fingerprint density at radius 3 is 2.28 bits per heavy atom. The van der Waals surface area contributed by atoms with E-state index in [1.54, 1.807) is 0 Å². The van der Waals surface area contributed by atoms with Crippen molar-refractivity contribution in [3.63, 3.8) is 0 Å². The molecule has 43 heavy (non-hydrogen) atoms. The number of hydrogen-bond acceptors (Lipinski definition) is 4. The summed E-state index contributed by atoms with van der Waals surface area (Å²) in [5.74, 6) is -4.44. The Kier molecular flexibility index (Phi) is 13.1. The van der Waals surface area contributed by atoms with Crippen LogP contribution in [0.25, 0.3) is 11.4 Å². The Morgan fingerprint density at radius 1 is 0.837 bits per heavy atom. The third-order valence-corrected chi connectivity index (χ3v) is 9.27. The van der Waals surface area contributed by atoms with Gasteiger partial charge in [-0.25, -0.2) is 18.7 Å². The number of pyridine rings is 2. The van der Waals surface area contributed by atoms with Gasteiger partial charge in [-0.2, -0.15) is 8.78 Å². The zero-order chi connectivity index (χ0) is 30.7. The maximum atomic E-state index is 15.4. The van der Waals surface area contributed by atoms with Crippen LogP contribution in [0.1, 0.15) is 121 Å². The van der Waals surface area contributed by atoms with E-state index in [9.17, 15) is 4.39 Å². The third kappa shape index (κ3) is 9.63. The molecule has 2 heterocycles. The van der Waals surface area contributed by atoms with E-state index >= 15 is 13.2 Å². The highest BCUT2D eigenvalue weighted by Gasteiger charge is 2.47. The van der Waals surface area contributed by atoms with E-state index in [0.717, 1.165) is 69.8 Å². The molecule has 0 saturated heterocycles. The van der Waals surface area contributed by atoms with Gasteiger partial charge in [-0.3, -0.25) is 0 Å². The van der Waals surface area contributed by atoms with E-state index in [0.29, 0.717) is 32.5 Å². The second-order valence-corrected chi connectivity index (χ2v) is 12.5. The molecular weight excluding hydrogens is 556 g/mol. The first-order valence-corrected chi connectivity index (χ1v) is 16.8. The Labute approximate surface area is 255 Å². The molecule has 2 aromatic heterocycles. The van der Waals surface area contributed by atoms with Crippen LogP contribution in [0.5, 0.6) is 5.75 Å². The zero-order valence-electron chi connectivity index (χ0n) is 26.1. The van der Waals surface area contributed by atoms with Crippen LogP contribution < -0.4 is 4.74 Å². The topological polar surface area (TPSA) is 44.2 Å². The van der Waals surface area contributed by atoms with Crippen molar-refractivity contribution in [2.75, 3.05) is 19.8 Å². The van der Waals surface area contributed by atoms with E-state index in [4.69, 9.17) is 9.47 Å². The number of halogens is 4. The molecule has 0 radical (unpaired) electrons. The van der Waals surface area contributed by atoms with E-state index < -0.39 is 29.3 Å². The third-order valence-electron chi connectivity index (χ3n) is 9.27. The molecule has 0 N–H and O–H groups in total. The number of fused-ring (bicyclic) bond motifs is 1. The summed E-state index contributed by atoms with van der Waals surface area (Å²) in [5, 5.41) is 0. The van der Waals surface area contributed by atoms with Gasteiger partial charge in [0.25, 0.3) is 11.9 Å². The van der Waals surface area contributed by atoms with Gasteiger partial charge in [0.05, 0.1) is 23.6 Å². The lowest BCUT2D eigenvalue weighted by Crippen LogP contribution is -2.33. The molecule has 1 fully saturated rings. The molecule has 0 amide bonds. The van der Waals surface area contributed by atoms with Crippen LogP contribution >= 0.6 is 0 Å². The van der Waals surface area contributed by atoms with Gasteiger partial charge in [0.2, 0.25) is 5.95 Å². The van der Waals surface area contributed by atoms with Gasteiger partial charge in [0.1, 0.15) is 0 Å². The Hall–Kier alpha value is -2.22. The Balaban J connectivity index is 1.25. The first-order chi connectivity index (χ1) is 20.8. The lowest BCUT2D eigenvalue weighted by atomic mass is 9.78. The number of alkyl halides is 2. The smallest absolute Gasteiger partial charge is 0.280 e. The average Bonchev–Trinajstić information content (AvgIpc) is 3.82. The molecule has 8 heteroatoms. The maximum absolute atomic E-state index is 15.4. The largest absolute Gasteiger partial charge is 0.489 e. The standard InChI is InChI=1S/C35H50F4N2O2/c1-3-5-10-21-42-22-11-7-9-14-28-18-17-27-24-30(41-34(37)32(27)35(28,38)39)29-19-20-31(33(36)40-29)43-23-12-6-8-13-25(4-2)26-15-16-26/h19-20,24-26,28H,3-18,21-23H2,1-2H3. The van der Waals surface area contributed by atoms with E-state index in [1.165, 1.54) is 43.9 Å². The molecule has 240 valence electrons. The highest BCUT2D eigenvalue weighted by Crippen LogP contribution is 2.48. The average molecular weight is 607 g/mol. The lowest BCUT2D eigenvalue weighted by molar-refractivity contribution is -0.0825. The molecule has 2 unspecified atom stereocenters. The normalized spacial score (nSPS) is 18.4. The number of aromatic nitrogens is 2. The molecule has 1 saturated carbocycles. The molecular formula is C35H50F4N2O2. The maximum Gasteiger partial charge on any atom is 0.280 e. The summed E-state index contributed by atoms with van der Waals surface area (Å²) in [6.07, 6.45) is 14.8. The second kappa shape index (κ2) is 16.7. The van der Waals surface area contributed by atoms with Crippen LogP contribution in [-0.2, 0) is 17.1 Å². The summed E-state index contributed by atoms with van der Waals surface area (Å²) >= 11 is 0. The summed E-state index contributed by atoms with van der Waals surface area (Å²) < 4.78 is 71.9. The lowest BCUT2D eigenvalue weighted by Gasteiger charge is -2.33. The van der Waals surface area contributed by atoms with Crippen LogP contribution in [0.15, 0.2) is 18.2 Å². The summed E-state index contributed by atoms with van der Waals surface area (Å²) in [6, 6.07) is 4.40. The quantitative estimate of drug-likeness (QED) is 0.0855. The minimum Gasteiger partial charge on any atom is -0.489 e. The molecule has 2 aromatic rings. The number of unbranched alkanes of at least 4 members (excludes halogenated alkanes) is 6. The van der Waals surface area contributed by atoms with Gasteiger partial charge >= 0.3 is 0 Å². The number of hydrogen-bond donors (Lipinski definition) is 0. The number of rotatable bonds is 20. The van der Waals surface area contributed by atoms with Gasteiger partial charge in [0, 0.05) is 19.1 Å². The summed E-state index contributed by atoms with van der Waals surface area (Å²) in [7, 11) is 0. The summed E-state index contributed by atoms with van der Waals surface area (Å²) in [5.41, 5.74) is -0.246. The Morgan fingerprint density at radius 2 is 1.56 bits per heavy atom. The monoisotopic (exact) mass is 606 g/mol. The van der Waals surface area contributed by atoms with Crippen LogP contribution in [0.3, 0.4) is 0 Å². The SMILES string of the molecule is CCCCCOCCCCCC1CCc2cc(-c3ccc(OCCCCCC(CC)C4CC4)c(F)n3)nc(F)c2C1(F)F. The minimum absolute atomic E-state index is 0.0315. The fourth-order valence-corrected chi connectivity index (χ4v) is 6.49. The molecule has 2 aliphatic rings. The number of nitrogens with zero attached hydrogens (tertiary/aromatic N) is 2. The van der Waals surface area contributed by atoms with Gasteiger partial charge in [-0.1, -0.05) is 65.2 Å². The molecule has 2 aliphatic carbocycles. The van der Waals surface area contributed by atoms with Crippen LogP contribution in [-0.4, -0.2) is 29.8 Å². The fraction of sp³-hybridized carbons (Fsp3) is 0.714. The van der Waals surface area contributed by atoms with Crippen molar-refractivity contribution in [1.82, 2.24) is 9.97 Å². The molecule has 0 aromatic carbocycles. The molecule has 0 aliphatic heterocycles. The fourth-order valence-electron chi connectivity index (χ4n) is 6.49. The van der Waals surface area contributed by atoms with Crippen molar-refractivity contribution < 1.29 is 27.0 Å². The molecule has 4 rings (SSSR count). The predicted molar refractivity (Wildman–Crippen MR) is 162 cm³/mol. The van der Waals surface area contributed by atoms with E-state index in [1.807, 2.05) is 0 Å². The highest BCUT2D eigenvalue weighted by atomic mass is 19.3. The van der Waals surface area contributed by atoms with Crippen molar-refractivity contribution in [3.8, 4) is 17.1 Å². The first kappa shape index (κ1) is 33.7. The highest BCUT2D eigenvalue weighted by molar-refractivity contribution is 5.57. The zero-order valence-corrected chi connectivity index (χ0v) is 26.1. The molecule has 0 bridgehead atoms. The van der Waals surface area contributed by atoms with Crippen molar-refractivity contribution in [1.29, 1.82) is 0 Å². The van der Waals surface area contributed by atoms with Crippen LogP contribution in [0.2, 0.25) is 0 Å². The number of aryl methyl sites for hydroxylation is 1. The van der Waals surface area contributed by atoms with Crippen LogP contribution in [0, 0.1) is 29.6 Å². The van der Waals surface area contributed by atoms with Gasteiger partial charge in [0.15, 0.2) is 5.75 Å². The van der Waals surface area contributed by atoms with Gasteiger partial charge in [-0.05, 0) is 87.0 Å². The molecule has 0 spiro atoms. The van der Waals surface area contributed by atoms with E-state index in [-0.39, 0.29) is 29.1 Å². The first-order valence-electron chi connectivity index (χ1n) is 16.8. The Bertz CT molecular complexity index is 1140. The molecule has 2 atom stereocenters. The second-order valence-electron chi connectivity index (χ2n) is 12.5.